The van der Waals surface area contributed by atoms with Crippen LogP contribution in [0.2, 0.25) is 0 Å². The molecule has 7 nitrogen and oxygen atoms in total. The highest BCUT2D eigenvalue weighted by Gasteiger charge is 2.27. The molecule has 1 saturated carbocycles. The number of carbonyl (C=O) groups excluding carboxylic acids is 1. The van der Waals surface area contributed by atoms with E-state index in [1.54, 1.807) is 6.20 Å². The van der Waals surface area contributed by atoms with Crippen LogP contribution in [-0.2, 0) is 4.79 Å². The molecular formula is C21H25N5O2. The molecule has 4 rings (SSSR count). The Morgan fingerprint density at radius 1 is 1.14 bits per heavy atom. The van der Waals surface area contributed by atoms with Crippen LogP contribution in [0.15, 0.2) is 34.9 Å². The summed E-state index contributed by atoms with van der Waals surface area (Å²) >= 11 is 0. The first kappa shape index (κ1) is 18.6. The molecule has 0 spiro atoms. The summed E-state index contributed by atoms with van der Waals surface area (Å²) in [7, 11) is 4.20. The molecule has 0 bridgehead atoms. The Kier molecular flexibility index (Phi) is 5.09. The summed E-state index contributed by atoms with van der Waals surface area (Å²) in [6.07, 6.45) is 5.62. The summed E-state index contributed by atoms with van der Waals surface area (Å²) in [5.41, 5.74) is 1.69. The number of rotatable bonds is 4. The Morgan fingerprint density at radius 2 is 1.93 bits per heavy atom. The lowest BCUT2D eigenvalue weighted by Gasteiger charge is -2.31. The van der Waals surface area contributed by atoms with Crippen molar-refractivity contribution in [2.45, 2.75) is 38.6 Å². The van der Waals surface area contributed by atoms with Gasteiger partial charge in [0.05, 0.1) is 11.7 Å². The lowest BCUT2D eigenvalue weighted by atomic mass is 9.85. The van der Waals surface area contributed by atoms with Crippen molar-refractivity contribution in [3.05, 3.63) is 36.4 Å². The molecule has 0 saturated heterocycles. The van der Waals surface area contributed by atoms with Gasteiger partial charge >= 0.3 is 0 Å². The van der Waals surface area contributed by atoms with E-state index in [1.807, 2.05) is 31.2 Å². The molecule has 1 aliphatic carbocycles. The van der Waals surface area contributed by atoms with Crippen LogP contribution in [0.4, 0.5) is 5.82 Å². The molecule has 146 valence electrons. The number of carbonyl (C=O) groups is 1. The third-order valence-electron chi connectivity index (χ3n) is 5.54. The quantitative estimate of drug-likeness (QED) is 0.745. The summed E-state index contributed by atoms with van der Waals surface area (Å²) in [6, 6.07) is 8.23. The number of aromatic nitrogens is 3. The summed E-state index contributed by atoms with van der Waals surface area (Å²) in [6.45, 7) is 1.82. The van der Waals surface area contributed by atoms with Crippen molar-refractivity contribution >= 4 is 22.6 Å². The summed E-state index contributed by atoms with van der Waals surface area (Å²) in [5, 5.41) is 12.2. The topological polar surface area (TPSA) is 84.2 Å². The van der Waals surface area contributed by atoms with Crippen LogP contribution in [-0.4, -0.2) is 46.1 Å². The maximum atomic E-state index is 12.7. The van der Waals surface area contributed by atoms with Gasteiger partial charge in [0.2, 0.25) is 5.91 Å². The van der Waals surface area contributed by atoms with Gasteiger partial charge in [0.25, 0.3) is 0 Å². The smallest absolute Gasteiger partial charge is 0.228 e. The van der Waals surface area contributed by atoms with Crippen molar-refractivity contribution in [3.63, 3.8) is 0 Å². The first-order chi connectivity index (χ1) is 13.5. The van der Waals surface area contributed by atoms with Gasteiger partial charge in [0.1, 0.15) is 0 Å². The maximum Gasteiger partial charge on any atom is 0.228 e. The molecule has 1 fully saturated rings. The number of aryl methyl sites for hydroxylation is 1. The number of nitrogens with one attached hydrogen (secondary N) is 1. The molecule has 0 atom stereocenters. The zero-order valence-corrected chi connectivity index (χ0v) is 16.5. The van der Waals surface area contributed by atoms with Gasteiger partial charge in [-0.05, 0) is 64.0 Å². The number of amides is 1. The van der Waals surface area contributed by atoms with Crippen molar-refractivity contribution in [2.75, 3.05) is 19.4 Å². The van der Waals surface area contributed by atoms with Crippen LogP contribution >= 0.6 is 0 Å². The fourth-order valence-corrected chi connectivity index (χ4v) is 3.84. The van der Waals surface area contributed by atoms with Gasteiger partial charge in [-0.15, -0.1) is 10.2 Å². The standard InChI is InChI=1S/C21H25N5O2/c1-13-22-12-19(28-13)15-6-9-18-16(10-15)11-20(25-24-18)23-21(27)14-4-7-17(8-5-14)26(2)3/h6,9-12,14,17H,4-5,7-8H2,1-3H3,(H,23,25,27). The van der Waals surface area contributed by atoms with E-state index in [0.717, 1.165) is 42.1 Å². The molecule has 2 aromatic heterocycles. The van der Waals surface area contributed by atoms with Crippen molar-refractivity contribution in [2.24, 2.45) is 5.92 Å². The van der Waals surface area contributed by atoms with Gasteiger partial charge in [-0.3, -0.25) is 4.79 Å². The zero-order chi connectivity index (χ0) is 19.7. The van der Waals surface area contributed by atoms with Crippen LogP contribution in [0.5, 0.6) is 0 Å². The predicted molar refractivity (Wildman–Crippen MR) is 108 cm³/mol. The number of anilines is 1. The largest absolute Gasteiger partial charge is 0.441 e. The molecule has 3 aromatic rings. The Bertz CT molecular complexity index is 989. The molecular weight excluding hydrogens is 354 g/mol. The lowest BCUT2D eigenvalue weighted by molar-refractivity contribution is -0.121. The van der Waals surface area contributed by atoms with Crippen LogP contribution in [0.25, 0.3) is 22.2 Å². The third kappa shape index (κ3) is 3.89. The predicted octanol–water partition coefficient (Wildman–Crippen LogP) is 3.65. The first-order valence-electron chi connectivity index (χ1n) is 9.67. The minimum atomic E-state index is 0.0351. The second-order valence-corrected chi connectivity index (χ2v) is 7.71. The van der Waals surface area contributed by atoms with Gasteiger partial charge in [-0.1, -0.05) is 0 Å². The van der Waals surface area contributed by atoms with E-state index >= 15 is 0 Å². The third-order valence-corrected chi connectivity index (χ3v) is 5.54. The fraction of sp³-hybridized carbons (Fsp3) is 0.429. The first-order valence-corrected chi connectivity index (χ1v) is 9.67. The number of oxazole rings is 1. The summed E-state index contributed by atoms with van der Waals surface area (Å²) in [4.78, 5) is 19.0. The fourth-order valence-electron chi connectivity index (χ4n) is 3.84. The van der Waals surface area contributed by atoms with E-state index in [9.17, 15) is 4.79 Å². The van der Waals surface area contributed by atoms with E-state index in [4.69, 9.17) is 4.42 Å². The Hall–Kier alpha value is -2.80. The monoisotopic (exact) mass is 379 g/mol. The summed E-state index contributed by atoms with van der Waals surface area (Å²) in [5.74, 6) is 1.89. The number of hydrogen-bond acceptors (Lipinski definition) is 6. The van der Waals surface area contributed by atoms with Crippen molar-refractivity contribution in [1.82, 2.24) is 20.1 Å². The van der Waals surface area contributed by atoms with E-state index in [0.29, 0.717) is 23.5 Å². The van der Waals surface area contributed by atoms with Gasteiger partial charge in [0.15, 0.2) is 17.5 Å². The van der Waals surface area contributed by atoms with Gasteiger partial charge < -0.3 is 14.6 Å². The highest BCUT2D eigenvalue weighted by molar-refractivity contribution is 5.94. The van der Waals surface area contributed by atoms with E-state index < -0.39 is 0 Å². The van der Waals surface area contributed by atoms with Crippen LogP contribution in [0, 0.1) is 12.8 Å². The Morgan fingerprint density at radius 3 is 2.61 bits per heavy atom. The molecule has 1 N–H and O–H groups in total. The molecule has 7 heteroatoms. The highest BCUT2D eigenvalue weighted by atomic mass is 16.4. The minimum absolute atomic E-state index is 0.0351. The van der Waals surface area contributed by atoms with Crippen LogP contribution in [0.3, 0.4) is 0 Å². The van der Waals surface area contributed by atoms with Crippen molar-refractivity contribution in [1.29, 1.82) is 0 Å². The summed E-state index contributed by atoms with van der Waals surface area (Å²) < 4.78 is 5.60. The van der Waals surface area contributed by atoms with Gasteiger partial charge in [0, 0.05) is 29.8 Å². The number of benzene rings is 1. The molecule has 0 aliphatic heterocycles. The van der Waals surface area contributed by atoms with Crippen LogP contribution < -0.4 is 5.32 Å². The molecule has 2 heterocycles. The molecule has 1 aliphatic rings. The van der Waals surface area contributed by atoms with Crippen molar-refractivity contribution < 1.29 is 9.21 Å². The molecule has 1 amide bonds. The number of nitrogens with zero attached hydrogens (tertiary/aromatic N) is 4. The van der Waals surface area contributed by atoms with Crippen LogP contribution in [0.1, 0.15) is 31.6 Å². The second kappa shape index (κ2) is 7.67. The molecule has 0 radical (unpaired) electrons. The van der Waals surface area contributed by atoms with E-state index in [-0.39, 0.29) is 11.8 Å². The van der Waals surface area contributed by atoms with E-state index in [2.05, 4.69) is 39.5 Å². The van der Waals surface area contributed by atoms with E-state index in [1.165, 1.54) is 0 Å². The SMILES string of the molecule is Cc1ncc(-c2ccc3nnc(NC(=O)C4CCC(N(C)C)CC4)cc3c2)o1. The number of hydrogen-bond donors (Lipinski definition) is 1. The highest BCUT2D eigenvalue weighted by Crippen LogP contribution is 2.28. The zero-order valence-electron chi connectivity index (χ0n) is 16.5. The second-order valence-electron chi connectivity index (χ2n) is 7.71. The minimum Gasteiger partial charge on any atom is -0.441 e. The maximum absolute atomic E-state index is 12.7. The molecule has 1 aromatic carbocycles. The Balaban J connectivity index is 1.49. The van der Waals surface area contributed by atoms with Gasteiger partial charge in [-0.25, -0.2) is 4.98 Å². The molecule has 28 heavy (non-hydrogen) atoms. The average Bonchev–Trinajstić information content (AvgIpc) is 3.14. The average molecular weight is 379 g/mol. The normalized spacial score (nSPS) is 19.9. The van der Waals surface area contributed by atoms with Crippen molar-refractivity contribution in [3.8, 4) is 11.3 Å². The molecule has 0 unspecified atom stereocenters. The van der Waals surface area contributed by atoms with Gasteiger partial charge in [-0.2, -0.15) is 0 Å². The lowest BCUT2D eigenvalue weighted by Crippen LogP contribution is -2.35. The Labute approximate surface area is 164 Å². The number of fused-ring (bicyclic) bond motifs is 1.